The Balaban J connectivity index is 1.35. The summed E-state index contributed by atoms with van der Waals surface area (Å²) in [7, 11) is 0. The molecule has 0 radical (unpaired) electrons. The van der Waals surface area contributed by atoms with Gasteiger partial charge in [0.2, 0.25) is 0 Å². The molecule has 1 aliphatic rings. The maximum absolute atomic E-state index is 12.6. The molecule has 0 bridgehead atoms. The zero-order valence-corrected chi connectivity index (χ0v) is 15.8. The molecule has 3 aromatic rings. The van der Waals surface area contributed by atoms with Crippen LogP contribution in [0.5, 0.6) is 0 Å². The minimum absolute atomic E-state index is 0.153. The molecule has 0 unspecified atom stereocenters. The highest BCUT2D eigenvalue weighted by Gasteiger charge is 2.25. The second-order valence-corrected chi connectivity index (χ2v) is 7.32. The average Bonchev–Trinajstić information content (AvgIpc) is 3.12. The van der Waals surface area contributed by atoms with E-state index in [1.165, 1.54) is 5.56 Å². The highest BCUT2D eigenvalue weighted by atomic mass is 16.3. The number of fused-ring (bicyclic) bond motifs is 1. The minimum Gasteiger partial charge on any atom is -0.449 e. The molecule has 5 nitrogen and oxygen atoms in total. The molecule has 1 N–H and O–H groups in total. The largest absolute Gasteiger partial charge is 0.449 e. The summed E-state index contributed by atoms with van der Waals surface area (Å²) in [6, 6.07) is 16.6. The third-order valence-corrected chi connectivity index (χ3v) is 5.43. The standard InChI is InChI=1S/C22H25N3O2/c1-15-8-9-20-19(23-15)14-21(27-20)22(26)24-18-10-12-25(13-11-18)16(2)17-6-4-3-5-7-17/h3-9,14,16,18H,10-13H2,1-2H3,(H,24,26)/t16-/m1/s1. The van der Waals surface area contributed by atoms with Crippen LogP contribution in [0.4, 0.5) is 0 Å². The first-order valence-corrected chi connectivity index (χ1v) is 9.57. The van der Waals surface area contributed by atoms with Crippen LogP contribution < -0.4 is 5.32 Å². The van der Waals surface area contributed by atoms with Crippen molar-refractivity contribution in [3.05, 3.63) is 65.5 Å². The lowest BCUT2D eigenvalue weighted by Crippen LogP contribution is -2.45. The van der Waals surface area contributed by atoms with Gasteiger partial charge in [-0.05, 0) is 44.4 Å². The number of carbonyl (C=O) groups excluding carboxylic acids is 1. The summed E-state index contributed by atoms with van der Waals surface area (Å²) in [6.45, 7) is 6.12. The average molecular weight is 363 g/mol. The highest BCUT2D eigenvalue weighted by molar-refractivity contribution is 5.95. The number of likely N-dealkylation sites (tertiary alicyclic amines) is 1. The number of hydrogen-bond donors (Lipinski definition) is 1. The number of aryl methyl sites for hydroxylation is 1. The van der Waals surface area contributed by atoms with E-state index in [4.69, 9.17) is 4.42 Å². The van der Waals surface area contributed by atoms with Crippen LogP contribution in [0.3, 0.4) is 0 Å². The van der Waals surface area contributed by atoms with E-state index < -0.39 is 0 Å². The zero-order chi connectivity index (χ0) is 18.8. The van der Waals surface area contributed by atoms with E-state index in [0.29, 0.717) is 17.4 Å². The van der Waals surface area contributed by atoms with Gasteiger partial charge in [0, 0.05) is 36.9 Å². The fourth-order valence-electron chi connectivity index (χ4n) is 3.77. The summed E-state index contributed by atoms with van der Waals surface area (Å²) in [5, 5.41) is 3.12. The topological polar surface area (TPSA) is 58.4 Å². The molecule has 1 saturated heterocycles. The first kappa shape index (κ1) is 17.7. The van der Waals surface area contributed by atoms with Gasteiger partial charge in [0.05, 0.1) is 0 Å². The van der Waals surface area contributed by atoms with E-state index in [-0.39, 0.29) is 11.9 Å². The summed E-state index contributed by atoms with van der Waals surface area (Å²) < 4.78 is 5.66. The number of rotatable bonds is 4. The van der Waals surface area contributed by atoms with E-state index in [0.717, 1.165) is 37.1 Å². The van der Waals surface area contributed by atoms with Gasteiger partial charge in [-0.3, -0.25) is 9.69 Å². The van der Waals surface area contributed by atoms with Crippen LogP contribution in [0.2, 0.25) is 0 Å². The van der Waals surface area contributed by atoms with Gasteiger partial charge in [-0.25, -0.2) is 4.98 Å². The van der Waals surface area contributed by atoms with Crippen molar-refractivity contribution >= 4 is 17.0 Å². The van der Waals surface area contributed by atoms with Crippen molar-refractivity contribution in [1.82, 2.24) is 15.2 Å². The van der Waals surface area contributed by atoms with E-state index in [2.05, 4.69) is 46.4 Å². The fraction of sp³-hybridized carbons (Fsp3) is 0.364. The van der Waals surface area contributed by atoms with Crippen LogP contribution >= 0.6 is 0 Å². The predicted octanol–water partition coefficient (Wildman–Crippen LogP) is 4.09. The highest BCUT2D eigenvalue weighted by Crippen LogP contribution is 2.24. The molecular weight excluding hydrogens is 338 g/mol. The molecule has 1 aliphatic heterocycles. The summed E-state index contributed by atoms with van der Waals surface area (Å²) in [5.74, 6) is 0.184. The molecule has 0 saturated carbocycles. The summed E-state index contributed by atoms with van der Waals surface area (Å²) in [6.07, 6.45) is 1.89. The molecule has 1 fully saturated rings. The normalized spacial score (nSPS) is 17.1. The van der Waals surface area contributed by atoms with Gasteiger partial charge in [0.1, 0.15) is 5.52 Å². The maximum atomic E-state index is 12.6. The number of amides is 1. The number of nitrogens with one attached hydrogen (secondary N) is 1. The van der Waals surface area contributed by atoms with E-state index >= 15 is 0 Å². The van der Waals surface area contributed by atoms with Crippen molar-refractivity contribution in [3.8, 4) is 0 Å². The molecule has 1 aromatic carbocycles. The SMILES string of the molecule is Cc1ccc2oc(C(=O)NC3CCN([C@H](C)c4ccccc4)CC3)cc2n1. The van der Waals surface area contributed by atoms with Crippen molar-refractivity contribution in [2.45, 2.75) is 38.8 Å². The summed E-state index contributed by atoms with van der Waals surface area (Å²) in [4.78, 5) is 19.4. The lowest BCUT2D eigenvalue weighted by Gasteiger charge is -2.36. The molecule has 1 amide bonds. The first-order chi connectivity index (χ1) is 13.1. The maximum Gasteiger partial charge on any atom is 0.287 e. The monoisotopic (exact) mass is 363 g/mol. The predicted molar refractivity (Wildman–Crippen MR) is 106 cm³/mol. The minimum atomic E-state index is -0.153. The number of aromatic nitrogens is 1. The van der Waals surface area contributed by atoms with Crippen LogP contribution in [0.1, 0.15) is 47.6 Å². The Morgan fingerprint density at radius 1 is 1.19 bits per heavy atom. The van der Waals surface area contributed by atoms with Crippen LogP contribution in [0.25, 0.3) is 11.1 Å². The molecule has 27 heavy (non-hydrogen) atoms. The Morgan fingerprint density at radius 3 is 2.67 bits per heavy atom. The Kier molecular flexibility index (Phi) is 4.94. The summed E-state index contributed by atoms with van der Waals surface area (Å²) in [5.41, 5.74) is 3.63. The molecule has 2 aromatic heterocycles. The van der Waals surface area contributed by atoms with Gasteiger partial charge in [-0.15, -0.1) is 0 Å². The van der Waals surface area contributed by atoms with Crippen molar-refractivity contribution in [3.63, 3.8) is 0 Å². The van der Waals surface area contributed by atoms with Crippen molar-refractivity contribution < 1.29 is 9.21 Å². The molecule has 140 valence electrons. The number of furan rings is 1. The van der Waals surface area contributed by atoms with Crippen molar-refractivity contribution in [2.75, 3.05) is 13.1 Å². The second-order valence-electron chi connectivity index (χ2n) is 7.32. The Hall–Kier alpha value is -2.66. The zero-order valence-electron chi connectivity index (χ0n) is 15.8. The van der Waals surface area contributed by atoms with Crippen molar-refractivity contribution in [2.24, 2.45) is 0 Å². The Labute approximate surface area is 159 Å². The van der Waals surface area contributed by atoms with Gasteiger partial charge in [0.25, 0.3) is 5.91 Å². The van der Waals surface area contributed by atoms with Gasteiger partial charge >= 0.3 is 0 Å². The quantitative estimate of drug-likeness (QED) is 0.758. The van der Waals surface area contributed by atoms with Gasteiger partial charge in [-0.2, -0.15) is 0 Å². The number of carbonyl (C=O) groups is 1. The summed E-state index contributed by atoms with van der Waals surface area (Å²) >= 11 is 0. The molecule has 5 heteroatoms. The van der Waals surface area contributed by atoms with Crippen LogP contribution in [-0.2, 0) is 0 Å². The molecular formula is C22H25N3O2. The smallest absolute Gasteiger partial charge is 0.287 e. The van der Waals surface area contributed by atoms with Gasteiger partial charge < -0.3 is 9.73 Å². The Morgan fingerprint density at radius 2 is 1.93 bits per heavy atom. The van der Waals surface area contributed by atoms with Crippen LogP contribution in [-0.4, -0.2) is 34.9 Å². The second kappa shape index (κ2) is 7.53. The number of hydrogen-bond acceptors (Lipinski definition) is 4. The lowest BCUT2D eigenvalue weighted by atomic mass is 10.00. The van der Waals surface area contributed by atoms with Gasteiger partial charge in [0.15, 0.2) is 11.3 Å². The van der Waals surface area contributed by atoms with E-state index in [1.807, 2.05) is 25.1 Å². The van der Waals surface area contributed by atoms with Gasteiger partial charge in [-0.1, -0.05) is 30.3 Å². The lowest BCUT2D eigenvalue weighted by molar-refractivity contribution is 0.0871. The Bertz CT molecular complexity index is 927. The molecule has 0 aliphatic carbocycles. The number of benzene rings is 1. The third-order valence-electron chi connectivity index (χ3n) is 5.43. The number of piperidine rings is 1. The van der Waals surface area contributed by atoms with Crippen molar-refractivity contribution in [1.29, 1.82) is 0 Å². The molecule has 4 rings (SSSR count). The number of pyridine rings is 1. The van der Waals surface area contributed by atoms with E-state index in [9.17, 15) is 4.79 Å². The third kappa shape index (κ3) is 3.88. The van der Waals surface area contributed by atoms with E-state index in [1.54, 1.807) is 6.07 Å². The fourth-order valence-corrected chi connectivity index (χ4v) is 3.77. The molecule has 3 heterocycles. The molecule has 1 atom stereocenters. The number of nitrogens with zero attached hydrogens (tertiary/aromatic N) is 2. The van der Waals surface area contributed by atoms with Crippen LogP contribution in [0, 0.1) is 6.92 Å². The van der Waals surface area contributed by atoms with Crippen LogP contribution in [0.15, 0.2) is 52.9 Å². The first-order valence-electron chi connectivity index (χ1n) is 9.57. The molecule has 0 spiro atoms.